The Bertz CT molecular complexity index is 462. The number of nitrogens with zero attached hydrogens (tertiary/aromatic N) is 1. The van der Waals surface area contributed by atoms with E-state index in [1.807, 2.05) is 11.8 Å². The molecule has 0 atom stereocenters. The zero-order valence-corrected chi connectivity index (χ0v) is 10.6. The van der Waals surface area contributed by atoms with Gasteiger partial charge in [0.05, 0.1) is 6.61 Å². The van der Waals surface area contributed by atoms with E-state index >= 15 is 0 Å². The first-order chi connectivity index (χ1) is 8.79. The average Bonchev–Trinajstić information content (AvgIpc) is 2.90. The van der Waals surface area contributed by atoms with Gasteiger partial charge in [0, 0.05) is 24.7 Å². The van der Waals surface area contributed by atoms with Gasteiger partial charge in [0.2, 0.25) is 5.78 Å². The van der Waals surface area contributed by atoms with Crippen LogP contribution < -0.4 is 4.74 Å². The molecule has 0 spiro atoms. The Morgan fingerprint density at radius 3 is 2.56 bits per heavy atom. The van der Waals surface area contributed by atoms with Crippen molar-refractivity contribution in [3.05, 3.63) is 29.8 Å². The molecule has 1 aromatic carbocycles. The number of hydrogen-bond acceptors (Lipinski definition) is 3. The molecule has 0 N–H and O–H groups in total. The van der Waals surface area contributed by atoms with Crippen molar-refractivity contribution in [1.29, 1.82) is 0 Å². The Kier molecular flexibility index (Phi) is 4.25. The molecule has 2 rings (SSSR count). The van der Waals surface area contributed by atoms with Crippen LogP contribution in [0.5, 0.6) is 5.75 Å². The van der Waals surface area contributed by atoms with Crippen LogP contribution in [-0.4, -0.2) is 30.4 Å². The number of ether oxygens (including phenoxy) is 1. The van der Waals surface area contributed by atoms with Gasteiger partial charge in [-0.3, -0.25) is 4.79 Å². The molecule has 0 aromatic heterocycles. The highest BCUT2D eigenvalue weighted by Gasteiger charge is 2.08. The summed E-state index contributed by atoms with van der Waals surface area (Å²) in [4.78, 5) is 13.8. The average molecular weight is 243 g/mol. The van der Waals surface area contributed by atoms with Crippen molar-refractivity contribution < 1.29 is 9.53 Å². The van der Waals surface area contributed by atoms with Crippen LogP contribution in [0.2, 0.25) is 0 Å². The SMILES string of the molecule is CCOc1ccc(C(=O)C#CN2CCCC2)cc1. The molecule has 1 aliphatic rings. The second-order valence-electron chi connectivity index (χ2n) is 4.22. The first-order valence-corrected chi connectivity index (χ1v) is 6.33. The third-order valence-corrected chi connectivity index (χ3v) is 2.86. The molecule has 0 saturated carbocycles. The molecule has 1 heterocycles. The number of rotatable bonds is 3. The van der Waals surface area contributed by atoms with Crippen LogP contribution in [0, 0.1) is 12.0 Å². The summed E-state index contributed by atoms with van der Waals surface area (Å²) in [5.41, 5.74) is 0.616. The summed E-state index contributed by atoms with van der Waals surface area (Å²) in [6, 6.07) is 10.0. The van der Waals surface area contributed by atoms with E-state index in [9.17, 15) is 4.79 Å². The van der Waals surface area contributed by atoms with Gasteiger partial charge in [0.25, 0.3) is 0 Å². The van der Waals surface area contributed by atoms with Gasteiger partial charge in [-0.15, -0.1) is 0 Å². The molecule has 0 amide bonds. The van der Waals surface area contributed by atoms with E-state index in [4.69, 9.17) is 4.74 Å². The van der Waals surface area contributed by atoms with E-state index in [0.29, 0.717) is 12.2 Å². The van der Waals surface area contributed by atoms with Crippen molar-refractivity contribution in [2.75, 3.05) is 19.7 Å². The highest BCUT2D eigenvalue weighted by atomic mass is 16.5. The third-order valence-electron chi connectivity index (χ3n) is 2.86. The van der Waals surface area contributed by atoms with E-state index in [2.05, 4.69) is 12.0 Å². The van der Waals surface area contributed by atoms with E-state index in [0.717, 1.165) is 18.8 Å². The Hall–Kier alpha value is -1.95. The second-order valence-corrected chi connectivity index (χ2v) is 4.22. The standard InChI is InChI=1S/C15H17NO2/c1-2-18-14-7-5-13(6-8-14)15(17)9-12-16-10-3-4-11-16/h5-8H,2-4,10-11H2,1H3. The maximum absolute atomic E-state index is 11.8. The first-order valence-electron chi connectivity index (χ1n) is 6.33. The lowest BCUT2D eigenvalue weighted by molar-refractivity contribution is 0.105. The Labute approximate surface area is 108 Å². The Morgan fingerprint density at radius 2 is 1.94 bits per heavy atom. The van der Waals surface area contributed by atoms with Crippen LogP contribution >= 0.6 is 0 Å². The molecule has 3 nitrogen and oxygen atoms in total. The van der Waals surface area contributed by atoms with Crippen molar-refractivity contribution in [1.82, 2.24) is 4.90 Å². The number of ketones is 1. The number of benzene rings is 1. The summed E-state index contributed by atoms with van der Waals surface area (Å²) >= 11 is 0. The summed E-state index contributed by atoms with van der Waals surface area (Å²) in [7, 11) is 0. The van der Waals surface area contributed by atoms with E-state index in [-0.39, 0.29) is 5.78 Å². The maximum atomic E-state index is 11.8. The van der Waals surface area contributed by atoms with Gasteiger partial charge in [-0.1, -0.05) is 0 Å². The number of likely N-dealkylation sites (tertiary alicyclic amines) is 1. The molecule has 3 heteroatoms. The topological polar surface area (TPSA) is 29.5 Å². The van der Waals surface area contributed by atoms with Gasteiger partial charge < -0.3 is 9.64 Å². The van der Waals surface area contributed by atoms with E-state index < -0.39 is 0 Å². The molecular formula is C15H17NO2. The minimum atomic E-state index is -0.134. The Morgan fingerprint density at radius 1 is 1.28 bits per heavy atom. The fraction of sp³-hybridized carbons (Fsp3) is 0.400. The highest BCUT2D eigenvalue weighted by Crippen LogP contribution is 2.12. The molecule has 0 unspecified atom stereocenters. The largest absolute Gasteiger partial charge is 0.494 e. The molecule has 0 bridgehead atoms. The zero-order valence-electron chi connectivity index (χ0n) is 10.6. The highest BCUT2D eigenvalue weighted by molar-refractivity contribution is 6.08. The lowest BCUT2D eigenvalue weighted by Crippen LogP contribution is -2.12. The van der Waals surface area contributed by atoms with Crippen LogP contribution in [0.25, 0.3) is 0 Å². The fourth-order valence-electron chi connectivity index (χ4n) is 1.90. The molecular weight excluding hydrogens is 226 g/mol. The van der Waals surface area contributed by atoms with Gasteiger partial charge >= 0.3 is 0 Å². The molecule has 94 valence electrons. The molecule has 1 fully saturated rings. The van der Waals surface area contributed by atoms with Crippen LogP contribution in [0.4, 0.5) is 0 Å². The van der Waals surface area contributed by atoms with Gasteiger partial charge in [0.15, 0.2) is 0 Å². The second kappa shape index (κ2) is 6.11. The number of carbonyl (C=O) groups is 1. The van der Waals surface area contributed by atoms with Crippen LogP contribution in [0.1, 0.15) is 30.1 Å². The zero-order chi connectivity index (χ0) is 12.8. The molecule has 0 aliphatic carbocycles. The van der Waals surface area contributed by atoms with Crippen molar-refractivity contribution in [2.24, 2.45) is 0 Å². The minimum Gasteiger partial charge on any atom is -0.494 e. The van der Waals surface area contributed by atoms with Crippen LogP contribution in [0.15, 0.2) is 24.3 Å². The summed E-state index contributed by atoms with van der Waals surface area (Å²) in [5, 5.41) is 0. The lowest BCUT2D eigenvalue weighted by Gasteiger charge is -2.05. The fourth-order valence-corrected chi connectivity index (χ4v) is 1.90. The predicted octanol–water partition coefficient (Wildman–Crippen LogP) is 2.32. The summed E-state index contributed by atoms with van der Waals surface area (Å²) in [5.74, 6) is 3.33. The van der Waals surface area contributed by atoms with Gasteiger partial charge in [0.1, 0.15) is 5.75 Å². The number of Topliss-reactive ketones (excluding diaryl/α,β-unsaturated/α-hetero) is 1. The summed E-state index contributed by atoms with van der Waals surface area (Å²) < 4.78 is 5.33. The quantitative estimate of drug-likeness (QED) is 0.603. The van der Waals surface area contributed by atoms with Crippen molar-refractivity contribution in [2.45, 2.75) is 19.8 Å². The first kappa shape index (κ1) is 12.5. The van der Waals surface area contributed by atoms with E-state index in [1.54, 1.807) is 24.3 Å². The normalized spacial score (nSPS) is 13.9. The van der Waals surface area contributed by atoms with Gasteiger partial charge in [-0.25, -0.2) is 0 Å². The third kappa shape index (κ3) is 3.27. The van der Waals surface area contributed by atoms with Crippen molar-refractivity contribution in [3.8, 4) is 17.7 Å². The lowest BCUT2D eigenvalue weighted by atomic mass is 10.1. The summed E-state index contributed by atoms with van der Waals surface area (Å²) in [6.45, 7) is 4.51. The predicted molar refractivity (Wildman–Crippen MR) is 70.5 cm³/mol. The monoisotopic (exact) mass is 243 g/mol. The molecule has 18 heavy (non-hydrogen) atoms. The van der Waals surface area contributed by atoms with Gasteiger partial charge in [-0.2, -0.15) is 0 Å². The number of carbonyl (C=O) groups excluding carboxylic acids is 1. The van der Waals surface area contributed by atoms with Crippen molar-refractivity contribution in [3.63, 3.8) is 0 Å². The van der Waals surface area contributed by atoms with Crippen molar-refractivity contribution >= 4 is 5.78 Å². The minimum absolute atomic E-state index is 0.134. The van der Waals surface area contributed by atoms with Gasteiger partial charge in [-0.05, 0) is 50.0 Å². The summed E-state index contributed by atoms with van der Waals surface area (Å²) in [6.07, 6.45) is 2.35. The smallest absolute Gasteiger partial charge is 0.237 e. The molecule has 1 aliphatic heterocycles. The van der Waals surface area contributed by atoms with Crippen LogP contribution in [0.3, 0.4) is 0 Å². The van der Waals surface area contributed by atoms with Crippen LogP contribution in [-0.2, 0) is 0 Å². The maximum Gasteiger partial charge on any atom is 0.237 e. The van der Waals surface area contributed by atoms with E-state index in [1.165, 1.54) is 12.8 Å². The molecule has 1 saturated heterocycles. The Balaban J connectivity index is 1.99. The molecule has 1 aromatic rings. The molecule has 0 radical (unpaired) electrons. The number of hydrogen-bond donors (Lipinski definition) is 0.